The molecule has 0 atom stereocenters. The highest BCUT2D eigenvalue weighted by molar-refractivity contribution is 5.80. The predicted molar refractivity (Wildman–Crippen MR) is 67.0 cm³/mol. The van der Waals surface area contributed by atoms with Gasteiger partial charge in [0.1, 0.15) is 0 Å². The van der Waals surface area contributed by atoms with Crippen LogP contribution in [0.4, 0.5) is 0 Å². The van der Waals surface area contributed by atoms with Crippen LogP contribution in [0.2, 0.25) is 0 Å². The average molecular weight is 222 g/mol. The van der Waals surface area contributed by atoms with Crippen molar-refractivity contribution in [2.75, 3.05) is 26.7 Å². The van der Waals surface area contributed by atoms with Gasteiger partial charge in [-0.15, -0.1) is 0 Å². The Morgan fingerprint density at radius 2 is 2.00 bits per heavy atom. The lowest BCUT2D eigenvalue weighted by atomic mass is 10.1. The van der Waals surface area contributed by atoms with Crippen molar-refractivity contribution in [2.45, 2.75) is 26.7 Å². The SMILES string of the molecule is CC.CN1CCN(C2=CC=CCC2)C(=O)C1. The first-order valence-corrected chi connectivity index (χ1v) is 6.12. The summed E-state index contributed by atoms with van der Waals surface area (Å²) in [5.41, 5.74) is 1.19. The van der Waals surface area contributed by atoms with Crippen molar-refractivity contribution in [1.82, 2.24) is 9.80 Å². The predicted octanol–water partition coefficient (Wildman–Crippen LogP) is 2.02. The lowest BCUT2D eigenvalue weighted by Crippen LogP contribution is -2.48. The molecule has 3 nitrogen and oxygen atoms in total. The van der Waals surface area contributed by atoms with E-state index in [-0.39, 0.29) is 5.91 Å². The summed E-state index contributed by atoms with van der Waals surface area (Å²) >= 11 is 0. The molecule has 90 valence electrons. The Labute approximate surface area is 98.4 Å². The molecule has 0 spiro atoms. The van der Waals surface area contributed by atoms with Crippen LogP contribution in [-0.2, 0) is 4.79 Å². The summed E-state index contributed by atoms with van der Waals surface area (Å²) in [7, 11) is 1.99. The smallest absolute Gasteiger partial charge is 0.240 e. The van der Waals surface area contributed by atoms with Crippen LogP contribution in [0.5, 0.6) is 0 Å². The first-order valence-electron chi connectivity index (χ1n) is 6.12. The normalized spacial score (nSPS) is 21.3. The highest BCUT2D eigenvalue weighted by Crippen LogP contribution is 2.18. The van der Waals surface area contributed by atoms with E-state index in [1.807, 2.05) is 31.9 Å². The molecular weight excluding hydrogens is 200 g/mol. The van der Waals surface area contributed by atoms with Crippen molar-refractivity contribution in [3.05, 3.63) is 23.9 Å². The van der Waals surface area contributed by atoms with Gasteiger partial charge in [0.25, 0.3) is 0 Å². The minimum absolute atomic E-state index is 0.236. The summed E-state index contributed by atoms with van der Waals surface area (Å²) in [6.07, 6.45) is 8.32. The fraction of sp³-hybridized carbons (Fsp3) is 0.615. The van der Waals surface area contributed by atoms with Crippen molar-refractivity contribution >= 4 is 5.91 Å². The maximum atomic E-state index is 11.7. The Kier molecular flexibility index (Phi) is 5.26. The molecule has 2 aliphatic rings. The molecule has 2 rings (SSSR count). The third kappa shape index (κ3) is 3.20. The topological polar surface area (TPSA) is 23.6 Å². The van der Waals surface area contributed by atoms with Gasteiger partial charge in [-0.3, -0.25) is 9.69 Å². The summed E-state index contributed by atoms with van der Waals surface area (Å²) in [5.74, 6) is 0.236. The third-order valence-electron chi connectivity index (χ3n) is 2.75. The zero-order valence-corrected chi connectivity index (χ0v) is 10.6. The molecule has 0 aromatic carbocycles. The van der Waals surface area contributed by atoms with Gasteiger partial charge in [0.05, 0.1) is 6.54 Å². The summed E-state index contributed by atoms with van der Waals surface area (Å²) in [5, 5.41) is 0. The lowest BCUT2D eigenvalue weighted by Gasteiger charge is -2.34. The number of carbonyl (C=O) groups is 1. The number of piperazine rings is 1. The quantitative estimate of drug-likeness (QED) is 0.677. The highest BCUT2D eigenvalue weighted by atomic mass is 16.2. The van der Waals surface area contributed by atoms with E-state index >= 15 is 0 Å². The molecule has 1 aliphatic heterocycles. The summed E-state index contributed by atoms with van der Waals surface area (Å²) < 4.78 is 0. The Balaban J connectivity index is 0.000000606. The largest absolute Gasteiger partial charge is 0.314 e. The average Bonchev–Trinajstić information content (AvgIpc) is 2.33. The summed E-state index contributed by atoms with van der Waals surface area (Å²) in [6.45, 7) is 6.38. The van der Waals surface area contributed by atoms with Gasteiger partial charge < -0.3 is 4.90 Å². The molecule has 0 radical (unpaired) electrons. The van der Waals surface area contributed by atoms with Crippen LogP contribution < -0.4 is 0 Å². The first kappa shape index (κ1) is 13.0. The summed E-state index contributed by atoms with van der Waals surface area (Å²) in [6, 6.07) is 0. The second-order valence-corrected chi connectivity index (χ2v) is 3.91. The van der Waals surface area contributed by atoms with E-state index < -0.39 is 0 Å². The van der Waals surface area contributed by atoms with Crippen molar-refractivity contribution in [2.24, 2.45) is 0 Å². The third-order valence-corrected chi connectivity index (χ3v) is 2.75. The number of nitrogens with zero attached hydrogens (tertiary/aromatic N) is 2. The molecule has 1 fully saturated rings. The molecule has 0 aromatic heterocycles. The summed E-state index contributed by atoms with van der Waals surface area (Å²) in [4.78, 5) is 15.7. The van der Waals surface area contributed by atoms with Crippen molar-refractivity contribution in [3.63, 3.8) is 0 Å². The molecule has 16 heavy (non-hydrogen) atoms. The minimum Gasteiger partial charge on any atom is -0.314 e. The van der Waals surface area contributed by atoms with Gasteiger partial charge in [0.2, 0.25) is 5.91 Å². The monoisotopic (exact) mass is 222 g/mol. The Hall–Kier alpha value is -1.09. The molecular formula is C13H22N2O. The second-order valence-electron chi connectivity index (χ2n) is 3.91. The van der Waals surface area contributed by atoms with Crippen LogP contribution >= 0.6 is 0 Å². The maximum absolute atomic E-state index is 11.7. The molecule has 1 saturated heterocycles. The Bertz CT molecular complexity index is 294. The van der Waals surface area contributed by atoms with E-state index in [0.29, 0.717) is 6.54 Å². The van der Waals surface area contributed by atoms with Crippen LogP contribution in [-0.4, -0.2) is 42.4 Å². The zero-order valence-electron chi connectivity index (χ0n) is 10.6. The number of allylic oxidation sites excluding steroid dienone is 4. The lowest BCUT2D eigenvalue weighted by molar-refractivity contribution is -0.133. The maximum Gasteiger partial charge on any atom is 0.240 e. The van der Waals surface area contributed by atoms with Crippen LogP contribution in [0, 0.1) is 0 Å². The minimum atomic E-state index is 0.236. The van der Waals surface area contributed by atoms with E-state index in [0.717, 1.165) is 25.9 Å². The Morgan fingerprint density at radius 3 is 2.56 bits per heavy atom. The van der Waals surface area contributed by atoms with Gasteiger partial charge in [0.15, 0.2) is 0 Å². The number of carbonyl (C=O) groups excluding carboxylic acids is 1. The number of hydrogen-bond donors (Lipinski definition) is 0. The van der Waals surface area contributed by atoms with E-state index in [2.05, 4.69) is 17.1 Å². The highest BCUT2D eigenvalue weighted by Gasteiger charge is 2.23. The van der Waals surface area contributed by atoms with Crippen LogP contribution in [0.1, 0.15) is 26.7 Å². The van der Waals surface area contributed by atoms with Gasteiger partial charge in [-0.05, 0) is 26.0 Å². The van der Waals surface area contributed by atoms with Crippen LogP contribution in [0.3, 0.4) is 0 Å². The van der Waals surface area contributed by atoms with Crippen LogP contribution in [0.25, 0.3) is 0 Å². The first-order chi connectivity index (χ1) is 7.77. The van der Waals surface area contributed by atoms with Gasteiger partial charge in [-0.1, -0.05) is 26.0 Å². The zero-order chi connectivity index (χ0) is 12.0. The molecule has 1 amide bonds. The van der Waals surface area contributed by atoms with E-state index in [4.69, 9.17) is 0 Å². The second kappa shape index (κ2) is 6.48. The number of likely N-dealkylation sites (N-methyl/N-ethyl adjacent to an activating group) is 1. The molecule has 1 heterocycles. The molecule has 3 heteroatoms. The van der Waals surface area contributed by atoms with Crippen molar-refractivity contribution < 1.29 is 4.79 Å². The fourth-order valence-corrected chi connectivity index (χ4v) is 1.91. The molecule has 1 aliphatic carbocycles. The number of amides is 1. The number of rotatable bonds is 1. The van der Waals surface area contributed by atoms with Gasteiger partial charge in [0, 0.05) is 18.8 Å². The van der Waals surface area contributed by atoms with Gasteiger partial charge in [-0.2, -0.15) is 0 Å². The number of hydrogen-bond acceptors (Lipinski definition) is 2. The van der Waals surface area contributed by atoms with Crippen LogP contribution in [0.15, 0.2) is 23.9 Å². The molecule has 0 unspecified atom stereocenters. The van der Waals surface area contributed by atoms with Crippen molar-refractivity contribution in [3.8, 4) is 0 Å². The molecule has 0 bridgehead atoms. The van der Waals surface area contributed by atoms with Gasteiger partial charge in [-0.25, -0.2) is 0 Å². The standard InChI is InChI=1S/C11H16N2O.C2H6/c1-12-7-8-13(11(14)9-12)10-5-3-2-4-6-10;1-2/h2-3,5H,4,6-9H2,1H3;1-2H3. The van der Waals surface area contributed by atoms with Crippen molar-refractivity contribution in [1.29, 1.82) is 0 Å². The van der Waals surface area contributed by atoms with E-state index in [1.54, 1.807) is 0 Å². The molecule has 0 N–H and O–H groups in total. The molecule has 0 aromatic rings. The molecule has 0 saturated carbocycles. The fourth-order valence-electron chi connectivity index (χ4n) is 1.91. The Morgan fingerprint density at radius 1 is 1.25 bits per heavy atom. The van der Waals surface area contributed by atoms with E-state index in [9.17, 15) is 4.79 Å². The van der Waals surface area contributed by atoms with E-state index in [1.165, 1.54) is 5.70 Å². The van der Waals surface area contributed by atoms with Gasteiger partial charge >= 0.3 is 0 Å².